The van der Waals surface area contributed by atoms with Crippen LogP contribution in [0.3, 0.4) is 0 Å². The Bertz CT molecular complexity index is 589. The van der Waals surface area contributed by atoms with Crippen LogP contribution in [0.2, 0.25) is 15.1 Å². The van der Waals surface area contributed by atoms with Crippen molar-refractivity contribution < 1.29 is 4.74 Å². The summed E-state index contributed by atoms with van der Waals surface area (Å²) in [6, 6.07) is 12.4. The summed E-state index contributed by atoms with van der Waals surface area (Å²) in [5, 5.41) is 1.94. The van der Waals surface area contributed by atoms with E-state index in [2.05, 4.69) is 0 Å². The minimum atomic E-state index is -0.176. The number of hydrogen-bond acceptors (Lipinski definition) is 2. The van der Waals surface area contributed by atoms with Crippen molar-refractivity contribution in [3.8, 4) is 5.75 Å². The fourth-order valence-corrected chi connectivity index (χ4v) is 2.37. The molecule has 0 aliphatic heterocycles. The van der Waals surface area contributed by atoms with E-state index in [1.165, 1.54) is 0 Å². The van der Waals surface area contributed by atoms with Crippen molar-refractivity contribution in [3.63, 3.8) is 0 Å². The summed E-state index contributed by atoms with van der Waals surface area (Å²) in [4.78, 5) is 0. The molecule has 2 nitrogen and oxygen atoms in total. The summed E-state index contributed by atoms with van der Waals surface area (Å²) < 4.78 is 5.61. The van der Waals surface area contributed by atoms with Gasteiger partial charge in [-0.25, -0.2) is 0 Å². The van der Waals surface area contributed by atoms with E-state index in [0.717, 1.165) is 5.56 Å². The second-order valence-corrected chi connectivity index (χ2v) is 5.75. The molecule has 20 heavy (non-hydrogen) atoms. The van der Waals surface area contributed by atoms with Gasteiger partial charge in [0.2, 0.25) is 0 Å². The number of halogens is 3. The van der Waals surface area contributed by atoms with Gasteiger partial charge >= 0.3 is 0 Å². The van der Waals surface area contributed by atoms with Gasteiger partial charge in [-0.2, -0.15) is 0 Å². The van der Waals surface area contributed by atoms with Crippen molar-refractivity contribution in [3.05, 3.63) is 63.1 Å². The third-order valence-electron chi connectivity index (χ3n) is 2.75. The Morgan fingerprint density at radius 2 is 1.75 bits per heavy atom. The Morgan fingerprint density at radius 3 is 2.50 bits per heavy atom. The normalized spacial score (nSPS) is 12.2. The van der Waals surface area contributed by atoms with E-state index in [4.69, 9.17) is 45.3 Å². The van der Waals surface area contributed by atoms with Crippen molar-refractivity contribution in [2.24, 2.45) is 5.73 Å². The first kappa shape index (κ1) is 15.5. The zero-order valence-corrected chi connectivity index (χ0v) is 12.9. The maximum Gasteiger partial charge on any atom is 0.120 e. The number of nitrogens with two attached hydrogens (primary N) is 1. The van der Waals surface area contributed by atoms with Gasteiger partial charge in [0.15, 0.2) is 0 Å². The zero-order valence-electron chi connectivity index (χ0n) is 10.7. The lowest BCUT2D eigenvalue weighted by Gasteiger charge is -2.14. The monoisotopic (exact) mass is 329 g/mol. The molecular weight excluding hydrogens is 317 g/mol. The van der Waals surface area contributed by atoms with Crippen LogP contribution < -0.4 is 10.5 Å². The highest BCUT2D eigenvalue weighted by molar-refractivity contribution is 6.33. The molecule has 1 atom stereocenters. The molecule has 1 unspecified atom stereocenters. The van der Waals surface area contributed by atoms with E-state index in [1.54, 1.807) is 24.3 Å². The quantitative estimate of drug-likeness (QED) is 0.870. The van der Waals surface area contributed by atoms with Gasteiger partial charge < -0.3 is 10.5 Å². The Hall–Kier alpha value is -0.930. The lowest BCUT2D eigenvalue weighted by Crippen LogP contribution is -2.30. The molecule has 0 saturated carbocycles. The molecule has 0 radical (unpaired) electrons. The van der Waals surface area contributed by atoms with Crippen molar-refractivity contribution in [1.82, 2.24) is 0 Å². The first-order chi connectivity index (χ1) is 9.54. The van der Waals surface area contributed by atoms with Crippen molar-refractivity contribution in [2.75, 3.05) is 6.61 Å². The predicted octanol–water partition coefficient (Wildman–Crippen LogP) is 4.60. The molecule has 0 aliphatic carbocycles. The maximum atomic E-state index is 6.11. The smallest absolute Gasteiger partial charge is 0.120 e. The number of ether oxygens (including phenoxy) is 1. The number of hydrogen-bond donors (Lipinski definition) is 1. The van der Waals surface area contributed by atoms with E-state index >= 15 is 0 Å². The highest BCUT2D eigenvalue weighted by Gasteiger charge is 2.09. The van der Waals surface area contributed by atoms with Crippen LogP contribution in [0.15, 0.2) is 42.5 Å². The highest BCUT2D eigenvalue weighted by atomic mass is 35.5. The summed E-state index contributed by atoms with van der Waals surface area (Å²) in [6.07, 6.45) is 0.597. The second kappa shape index (κ2) is 7.19. The summed E-state index contributed by atoms with van der Waals surface area (Å²) in [7, 11) is 0. The molecule has 0 aliphatic rings. The Kier molecular flexibility index (Phi) is 5.55. The van der Waals surface area contributed by atoms with Crippen LogP contribution in [0.5, 0.6) is 5.75 Å². The Morgan fingerprint density at radius 1 is 1.00 bits per heavy atom. The molecule has 2 N–H and O–H groups in total. The number of benzene rings is 2. The molecular formula is C15H14Cl3NO. The molecule has 0 aromatic heterocycles. The van der Waals surface area contributed by atoms with Crippen molar-refractivity contribution in [2.45, 2.75) is 12.5 Å². The standard InChI is InChI=1S/C15H14Cl3NO/c16-11-2-1-3-14(8-11)20-9-13(19)7-10-6-12(17)4-5-15(10)18/h1-6,8,13H,7,9,19H2. The third kappa shape index (κ3) is 4.57. The van der Waals surface area contributed by atoms with E-state index < -0.39 is 0 Å². The lowest BCUT2D eigenvalue weighted by atomic mass is 10.1. The molecule has 5 heteroatoms. The van der Waals surface area contributed by atoms with Gasteiger partial charge in [0.1, 0.15) is 12.4 Å². The van der Waals surface area contributed by atoms with Crippen LogP contribution in [0, 0.1) is 0 Å². The van der Waals surface area contributed by atoms with Crippen molar-refractivity contribution in [1.29, 1.82) is 0 Å². The average molecular weight is 331 g/mol. The summed E-state index contributed by atoms with van der Waals surface area (Å²) in [6.45, 7) is 0.378. The molecule has 2 aromatic rings. The van der Waals surface area contributed by atoms with E-state index in [1.807, 2.05) is 18.2 Å². The molecule has 2 rings (SSSR count). The molecule has 106 valence electrons. The largest absolute Gasteiger partial charge is 0.492 e. The molecule has 2 aromatic carbocycles. The zero-order chi connectivity index (χ0) is 14.5. The lowest BCUT2D eigenvalue weighted by molar-refractivity contribution is 0.287. The van der Waals surface area contributed by atoms with Crippen LogP contribution in [0.1, 0.15) is 5.56 Å². The van der Waals surface area contributed by atoms with Gasteiger partial charge in [0.25, 0.3) is 0 Å². The van der Waals surface area contributed by atoms with E-state index in [-0.39, 0.29) is 6.04 Å². The van der Waals surface area contributed by atoms with E-state index in [9.17, 15) is 0 Å². The first-order valence-electron chi connectivity index (χ1n) is 6.12. The van der Waals surface area contributed by atoms with Gasteiger partial charge in [-0.1, -0.05) is 40.9 Å². The number of rotatable bonds is 5. The minimum Gasteiger partial charge on any atom is -0.492 e. The van der Waals surface area contributed by atoms with Gasteiger partial charge in [0, 0.05) is 21.1 Å². The summed E-state index contributed by atoms with van der Waals surface area (Å²) >= 11 is 17.9. The molecule has 0 fully saturated rings. The van der Waals surface area contributed by atoms with Gasteiger partial charge in [-0.3, -0.25) is 0 Å². The fraction of sp³-hybridized carbons (Fsp3) is 0.200. The fourth-order valence-electron chi connectivity index (χ4n) is 1.80. The predicted molar refractivity (Wildman–Crippen MR) is 85.1 cm³/mol. The highest BCUT2D eigenvalue weighted by Crippen LogP contribution is 2.22. The van der Waals surface area contributed by atoms with Crippen LogP contribution in [-0.2, 0) is 6.42 Å². The van der Waals surface area contributed by atoms with Gasteiger partial charge in [-0.15, -0.1) is 0 Å². The van der Waals surface area contributed by atoms with Crippen LogP contribution in [0.25, 0.3) is 0 Å². The first-order valence-corrected chi connectivity index (χ1v) is 7.26. The molecule has 0 heterocycles. The topological polar surface area (TPSA) is 35.2 Å². The second-order valence-electron chi connectivity index (χ2n) is 4.47. The van der Waals surface area contributed by atoms with Crippen molar-refractivity contribution >= 4 is 34.8 Å². The maximum absolute atomic E-state index is 6.11. The Labute approximate surface area is 133 Å². The molecule has 0 amide bonds. The third-order valence-corrected chi connectivity index (χ3v) is 3.59. The molecule has 0 bridgehead atoms. The molecule has 0 spiro atoms. The summed E-state index contributed by atoms with van der Waals surface area (Å²) in [5.41, 5.74) is 6.97. The van der Waals surface area contributed by atoms with Gasteiger partial charge in [-0.05, 0) is 48.4 Å². The van der Waals surface area contributed by atoms with E-state index in [0.29, 0.717) is 33.8 Å². The van der Waals surface area contributed by atoms with Crippen LogP contribution >= 0.6 is 34.8 Å². The average Bonchev–Trinajstić information content (AvgIpc) is 2.41. The van der Waals surface area contributed by atoms with Crippen LogP contribution in [-0.4, -0.2) is 12.6 Å². The minimum absolute atomic E-state index is 0.176. The Balaban J connectivity index is 1.92. The molecule has 0 saturated heterocycles. The van der Waals surface area contributed by atoms with Crippen LogP contribution in [0.4, 0.5) is 0 Å². The SMILES string of the molecule is NC(COc1cccc(Cl)c1)Cc1cc(Cl)ccc1Cl. The summed E-state index contributed by atoms with van der Waals surface area (Å²) in [5.74, 6) is 0.699. The van der Waals surface area contributed by atoms with Gasteiger partial charge in [0.05, 0.1) is 0 Å².